The molecule has 34 heavy (non-hydrogen) atoms. The number of benzene rings is 2. The van der Waals surface area contributed by atoms with E-state index in [2.05, 4.69) is 5.32 Å². The van der Waals surface area contributed by atoms with E-state index in [0.29, 0.717) is 39.6 Å². The molecule has 1 saturated carbocycles. The van der Waals surface area contributed by atoms with Gasteiger partial charge in [-0.1, -0.05) is 60.3 Å². The molecule has 4 atom stereocenters. The monoisotopic (exact) mass is 503 g/mol. The summed E-state index contributed by atoms with van der Waals surface area (Å²) in [5.74, 6) is -2.41. The van der Waals surface area contributed by atoms with Crippen LogP contribution in [0.2, 0.25) is 10.0 Å². The minimum absolute atomic E-state index is 0.134. The van der Waals surface area contributed by atoms with Gasteiger partial charge in [0.15, 0.2) is 0 Å². The number of amides is 3. The van der Waals surface area contributed by atoms with Gasteiger partial charge in [0, 0.05) is 28.2 Å². The van der Waals surface area contributed by atoms with E-state index in [9.17, 15) is 14.4 Å². The van der Waals surface area contributed by atoms with Crippen LogP contribution in [0.4, 0.5) is 0 Å². The Labute approximate surface area is 208 Å². The van der Waals surface area contributed by atoms with Crippen LogP contribution in [0.5, 0.6) is 0 Å². The zero-order chi connectivity index (χ0) is 24.4. The lowest BCUT2D eigenvalue weighted by Crippen LogP contribution is -2.56. The largest absolute Gasteiger partial charge is 0.395 e. The molecule has 0 bridgehead atoms. The van der Waals surface area contributed by atoms with Crippen molar-refractivity contribution in [2.24, 2.45) is 11.7 Å². The van der Waals surface area contributed by atoms with Gasteiger partial charge in [-0.25, -0.2) is 0 Å². The summed E-state index contributed by atoms with van der Waals surface area (Å²) in [6.45, 7) is -0.0406. The van der Waals surface area contributed by atoms with Crippen LogP contribution in [0, 0.1) is 5.92 Å². The van der Waals surface area contributed by atoms with E-state index in [-0.39, 0.29) is 25.0 Å². The standard InChI is InChI=1S/C25H27Cl2N3O4/c26-14-9-10-17(19(27)13-14)22-21(23(28)32)15-5-1-2-6-16(15)25(34)30(22)20-8-4-3-7-18(20)24(33)29-11-12-31/h1-2,5-6,9-10,13,18,20-22,31H,3-4,7-8,11-12H2,(H2,28,32)(H,29,33). The highest BCUT2D eigenvalue weighted by Gasteiger charge is 2.49. The van der Waals surface area contributed by atoms with Gasteiger partial charge in [0.2, 0.25) is 11.8 Å². The van der Waals surface area contributed by atoms with E-state index in [0.717, 1.165) is 12.8 Å². The van der Waals surface area contributed by atoms with Crippen LogP contribution in [-0.4, -0.2) is 46.9 Å². The Morgan fingerprint density at radius 1 is 1.09 bits per heavy atom. The molecule has 0 spiro atoms. The molecular formula is C25H27Cl2N3O4. The third-order valence-electron chi connectivity index (χ3n) is 6.80. The molecule has 2 aromatic rings. The highest BCUT2D eigenvalue weighted by atomic mass is 35.5. The minimum Gasteiger partial charge on any atom is -0.395 e. The predicted octanol–water partition coefficient (Wildman–Crippen LogP) is 3.43. The second-order valence-corrected chi connectivity index (χ2v) is 9.61. The van der Waals surface area contributed by atoms with Gasteiger partial charge in [0.05, 0.1) is 24.5 Å². The Morgan fingerprint density at radius 2 is 1.82 bits per heavy atom. The number of hydrogen-bond donors (Lipinski definition) is 3. The Bertz CT molecular complexity index is 1110. The van der Waals surface area contributed by atoms with Gasteiger partial charge >= 0.3 is 0 Å². The van der Waals surface area contributed by atoms with Crippen LogP contribution in [0.1, 0.15) is 59.1 Å². The molecule has 4 unspecified atom stereocenters. The Kier molecular flexibility index (Phi) is 7.45. The van der Waals surface area contributed by atoms with E-state index in [1.54, 1.807) is 47.4 Å². The summed E-state index contributed by atoms with van der Waals surface area (Å²) < 4.78 is 0. The quantitative estimate of drug-likeness (QED) is 0.560. The molecule has 0 radical (unpaired) electrons. The number of nitrogens with zero attached hydrogens (tertiary/aromatic N) is 1. The van der Waals surface area contributed by atoms with Crippen molar-refractivity contribution in [3.05, 3.63) is 69.2 Å². The maximum Gasteiger partial charge on any atom is 0.254 e. The molecule has 2 aromatic carbocycles. The minimum atomic E-state index is -0.851. The number of nitrogens with two attached hydrogens (primary N) is 1. The number of primary amides is 1. The molecule has 1 fully saturated rings. The number of hydrogen-bond acceptors (Lipinski definition) is 4. The average Bonchev–Trinajstić information content (AvgIpc) is 2.82. The molecule has 2 aliphatic rings. The van der Waals surface area contributed by atoms with Crippen molar-refractivity contribution in [2.45, 2.75) is 43.7 Å². The van der Waals surface area contributed by atoms with Gasteiger partial charge in [-0.15, -0.1) is 0 Å². The van der Waals surface area contributed by atoms with E-state index in [4.69, 9.17) is 34.0 Å². The Balaban J connectivity index is 1.89. The van der Waals surface area contributed by atoms with Crippen LogP contribution < -0.4 is 11.1 Å². The molecule has 4 rings (SSSR count). The predicted molar refractivity (Wildman–Crippen MR) is 130 cm³/mol. The summed E-state index contributed by atoms with van der Waals surface area (Å²) in [4.78, 5) is 41.5. The average molecular weight is 504 g/mol. The van der Waals surface area contributed by atoms with Crippen LogP contribution in [0.15, 0.2) is 42.5 Å². The molecular weight excluding hydrogens is 477 g/mol. The summed E-state index contributed by atoms with van der Waals surface area (Å²) in [5.41, 5.74) is 7.43. The third-order valence-corrected chi connectivity index (χ3v) is 7.36. The maximum absolute atomic E-state index is 14.0. The molecule has 7 nitrogen and oxygen atoms in total. The summed E-state index contributed by atoms with van der Waals surface area (Å²) in [6.07, 6.45) is 2.87. The number of nitrogens with one attached hydrogen (secondary N) is 1. The molecule has 0 aromatic heterocycles. The number of carbonyl (C=O) groups excluding carboxylic acids is 3. The van der Waals surface area contributed by atoms with Crippen molar-refractivity contribution in [1.29, 1.82) is 0 Å². The van der Waals surface area contributed by atoms with E-state index >= 15 is 0 Å². The first-order chi connectivity index (χ1) is 16.3. The lowest BCUT2D eigenvalue weighted by Gasteiger charge is -2.48. The second kappa shape index (κ2) is 10.3. The lowest BCUT2D eigenvalue weighted by molar-refractivity contribution is -0.129. The first-order valence-electron chi connectivity index (χ1n) is 11.4. The fraction of sp³-hybridized carbons (Fsp3) is 0.400. The van der Waals surface area contributed by atoms with Crippen molar-refractivity contribution >= 4 is 40.9 Å². The number of fused-ring (bicyclic) bond motifs is 1. The van der Waals surface area contributed by atoms with Crippen molar-refractivity contribution in [3.8, 4) is 0 Å². The summed E-state index contributed by atoms with van der Waals surface area (Å²) in [7, 11) is 0. The van der Waals surface area contributed by atoms with Crippen molar-refractivity contribution in [2.75, 3.05) is 13.2 Å². The van der Waals surface area contributed by atoms with Gasteiger partial charge in [0.25, 0.3) is 5.91 Å². The third kappa shape index (κ3) is 4.52. The van der Waals surface area contributed by atoms with Gasteiger partial charge in [-0.05, 0) is 42.2 Å². The molecule has 4 N–H and O–H groups in total. The van der Waals surface area contributed by atoms with Crippen molar-refractivity contribution in [3.63, 3.8) is 0 Å². The number of rotatable bonds is 6. The number of carbonyl (C=O) groups is 3. The maximum atomic E-state index is 14.0. The molecule has 3 amide bonds. The number of halogens is 2. The van der Waals surface area contributed by atoms with Crippen LogP contribution >= 0.6 is 23.2 Å². The summed E-state index contributed by atoms with van der Waals surface area (Å²) in [5, 5.41) is 12.7. The lowest BCUT2D eigenvalue weighted by atomic mass is 9.75. The number of aliphatic hydroxyl groups is 1. The van der Waals surface area contributed by atoms with Crippen LogP contribution in [-0.2, 0) is 9.59 Å². The van der Waals surface area contributed by atoms with Crippen LogP contribution in [0.3, 0.4) is 0 Å². The Morgan fingerprint density at radius 3 is 2.53 bits per heavy atom. The van der Waals surface area contributed by atoms with Gasteiger partial charge in [-0.3, -0.25) is 14.4 Å². The molecule has 180 valence electrons. The Hall–Kier alpha value is -2.61. The first-order valence-corrected chi connectivity index (χ1v) is 12.1. The van der Waals surface area contributed by atoms with Crippen LogP contribution in [0.25, 0.3) is 0 Å². The normalized spacial score (nSPS) is 24.4. The molecule has 1 heterocycles. The number of aliphatic hydroxyl groups excluding tert-OH is 1. The smallest absolute Gasteiger partial charge is 0.254 e. The van der Waals surface area contributed by atoms with Gasteiger partial charge in [-0.2, -0.15) is 0 Å². The van der Waals surface area contributed by atoms with E-state index < -0.39 is 29.8 Å². The molecule has 1 aliphatic carbocycles. The molecule has 1 aliphatic heterocycles. The SMILES string of the molecule is NC(=O)C1c2ccccc2C(=O)N(C2CCCCC2C(=O)NCCO)C1c1ccc(Cl)cc1Cl. The second-order valence-electron chi connectivity index (χ2n) is 8.76. The van der Waals surface area contributed by atoms with Crippen molar-refractivity contribution < 1.29 is 19.5 Å². The van der Waals surface area contributed by atoms with E-state index in [1.807, 2.05) is 0 Å². The van der Waals surface area contributed by atoms with E-state index in [1.165, 1.54) is 0 Å². The fourth-order valence-electron chi connectivity index (χ4n) is 5.36. The molecule has 9 heteroatoms. The zero-order valence-corrected chi connectivity index (χ0v) is 20.1. The highest BCUT2D eigenvalue weighted by molar-refractivity contribution is 6.35. The molecule has 0 saturated heterocycles. The summed E-state index contributed by atoms with van der Waals surface area (Å²) >= 11 is 12.7. The van der Waals surface area contributed by atoms with Gasteiger partial charge in [0.1, 0.15) is 0 Å². The zero-order valence-electron chi connectivity index (χ0n) is 18.5. The van der Waals surface area contributed by atoms with Gasteiger partial charge < -0.3 is 21.1 Å². The summed E-state index contributed by atoms with van der Waals surface area (Å²) in [6, 6.07) is 10.6. The van der Waals surface area contributed by atoms with Crippen molar-refractivity contribution in [1.82, 2.24) is 10.2 Å². The fourth-order valence-corrected chi connectivity index (χ4v) is 5.88. The highest BCUT2D eigenvalue weighted by Crippen LogP contribution is 2.48. The first kappa shape index (κ1) is 24.5. The topological polar surface area (TPSA) is 113 Å².